The van der Waals surface area contributed by atoms with Gasteiger partial charge in [0, 0.05) is 49.5 Å². The Balaban J connectivity index is 1.52. The van der Waals surface area contributed by atoms with Gasteiger partial charge in [-0.25, -0.2) is 9.37 Å². The van der Waals surface area contributed by atoms with E-state index in [1.807, 2.05) is 6.07 Å². The zero-order valence-electron chi connectivity index (χ0n) is 19.8. The molecular weight excluding hydrogens is 455 g/mol. The number of fused-ring (bicyclic) bond motifs is 2. The van der Waals surface area contributed by atoms with Crippen LogP contribution in [0.5, 0.6) is 5.19 Å². The second-order valence-electron chi connectivity index (χ2n) is 8.94. The summed E-state index contributed by atoms with van der Waals surface area (Å²) < 4.78 is 22.4. The van der Waals surface area contributed by atoms with Crippen molar-refractivity contribution in [2.24, 2.45) is 7.05 Å². The molecule has 0 spiro atoms. The number of carbonyl (C=O) groups is 1. The Kier molecular flexibility index (Phi) is 5.65. The first kappa shape index (κ1) is 22.5. The predicted octanol–water partition coefficient (Wildman–Crippen LogP) is 4.11. The second-order valence-corrected chi connectivity index (χ2v) is 9.90. The van der Waals surface area contributed by atoms with Crippen molar-refractivity contribution >= 4 is 49.7 Å². The van der Waals surface area contributed by atoms with Crippen molar-refractivity contribution in [2.45, 2.75) is 25.9 Å². The lowest BCUT2D eigenvalue weighted by Crippen LogP contribution is -2.55. The van der Waals surface area contributed by atoms with E-state index in [0.717, 1.165) is 23.5 Å². The molecule has 1 amide bonds. The largest absolute Gasteiger partial charge is 0.473 e. The summed E-state index contributed by atoms with van der Waals surface area (Å²) >= 11 is 1.43. The SMILES string of the molecule is COc1nc2c(C(=O)Nc3cc(F)c4nn(C)cc4c3)ccc(N3CC(C)N(C)CC3C)c2s1. The van der Waals surface area contributed by atoms with E-state index in [1.54, 1.807) is 37.2 Å². The van der Waals surface area contributed by atoms with E-state index in [4.69, 9.17) is 4.74 Å². The van der Waals surface area contributed by atoms with Gasteiger partial charge in [0.1, 0.15) is 11.0 Å². The van der Waals surface area contributed by atoms with Crippen LogP contribution in [0.4, 0.5) is 15.8 Å². The molecule has 10 heteroatoms. The maximum absolute atomic E-state index is 14.5. The molecule has 2 aromatic carbocycles. The number of thiazole rings is 1. The van der Waals surface area contributed by atoms with Crippen LogP contribution in [0.2, 0.25) is 0 Å². The monoisotopic (exact) mass is 482 g/mol. The van der Waals surface area contributed by atoms with Crippen molar-refractivity contribution in [3.63, 3.8) is 0 Å². The maximum atomic E-state index is 14.5. The highest BCUT2D eigenvalue weighted by molar-refractivity contribution is 7.21. The molecule has 1 saturated heterocycles. The molecule has 0 saturated carbocycles. The zero-order chi connectivity index (χ0) is 24.1. The summed E-state index contributed by atoms with van der Waals surface area (Å²) in [4.78, 5) is 22.6. The van der Waals surface area contributed by atoms with E-state index < -0.39 is 5.82 Å². The van der Waals surface area contributed by atoms with Crippen molar-refractivity contribution in [2.75, 3.05) is 37.5 Å². The molecule has 1 aliphatic heterocycles. The third-order valence-corrected chi connectivity index (χ3v) is 7.50. The fraction of sp³-hybridized carbons (Fsp3) is 0.375. The van der Waals surface area contributed by atoms with Crippen molar-refractivity contribution < 1.29 is 13.9 Å². The normalized spacial score (nSPS) is 19.2. The zero-order valence-corrected chi connectivity index (χ0v) is 20.6. The average molecular weight is 483 g/mol. The molecule has 0 bridgehead atoms. The van der Waals surface area contributed by atoms with Crippen molar-refractivity contribution in [1.82, 2.24) is 19.7 Å². The number of aryl methyl sites for hydroxylation is 1. The van der Waals surface area contributed by atoms with Gasteiger partial charge >= 0.3 is 0 Å². The molecule has 0 aliphatic carbocycles. The fourth-order valence-corrected chi connectivity index (χ4v) is 5.53. The number of hydrogen-bond donors (Lipinski definition) is 1. The Labute approximate surface area is 200 Å². The van der Waals surface area contributed by atoms with Crippen LogP contribution in [0, 0.1) is 5.82 Å². The Morgan fingerprint density at radius 1 is 1.18 bits per heavy atom. The predicted molar refractivity (Wildman–Crippen MR) is 134 cm³/mol. The number of amides is 1. The van der Waals surface area contributed by atoms with Gasteiger partial charge in [-0.1, -0.05) is 11.3 Å². The van der Waals surface area contributed by atoms with E-state index in [9.17, 15) is 9.18 Å². The highest BCUT2D eigenvalue weighted by atomic mass is 32.1. The van der Waals surface area contributed by atoms with Gasteiger partial charge in [0.15, 0.2) is 5.82 Å². The van der Waals surface area contributed by atoms with Crippen molar-refractivity contribution in [3.8, 4) is 5.19 Å². The van der Waals surface area contributed by atoms with Gasteiger partial charge in [0.25, 0.3) is 11.1 Å². The third-order valence-electron chi connectivity index (χ3n) is 6.46. The molecule has 1 N–H and O–H groups in total. The summed E-state index contributed by atoms with van der Waals surface area (Å²) in [7, 11) is 5.44. The van der Waals surface area contributed by atoms with Gasteiger partial charge in [0.2, 0.25) is 0 Å². The molecule has 178 valence electrons. The number of carbonyl (C=O) groups excluding carboxylic acids is 1. The standard InChI is InChI=1S/C24H27FN6O2S/c1-13-11-31(14(2)10-29(13)3)19-7-6-17(21-22(19)34-24(27-21)33-5)23(32)26-16-8-15-12-30(4)28-20(15)18(25)9-16/h6-9,12-14H,10-11H2,1-5H3,(H,26,32). The minimum Gasteiger partial charge on any atom is -0.473 e. The Morgan fingerprint density at radius 3 is 2.74 bits per heavy atom. The summed E-state index contributed by atoms with van der Waals surface area (Å²) in [5.41, 5.74) is 2.68. The number of hydrogen-bond acceptors (Lipinski definition) is 7. The van der Waals surface area contributed by atoms with E-state index in [0.29, 0.717) is 39.4 Å². The van der Waals surface area contributed by atoms with Crippen LogP contribution in [0.15, 0.2) is 30.5 Å². The molecule has 2 atom stereocenters. The lowest BCUT2D eigenvalue weighted by molar-refractivity contribution is 0.102. The number of methoxy groups -OCH3 is 1. The first-order valence-corrected chi connectivity index (χ1v) is 12.0. The number of likely N-dealkylation sites (N-methyl/N-ethyl adjacent to an activating group) is 1. The van der Waals surface area contributed by atoms with Crippen LogP contribution in [-0.4, -0.2) is 64.9 Å². The van der Waals surface area contributed by atoms with Gasteiger partial charge in [-0.2, -0.15) is 5.10 Å². The van der Waals surface area contributed by atoms with Crippen LogP contribution in [0.3, 0.4) is 0 Å². The molecule has 5 rings (SSSR count). The lowest BCUT2D eigenvalue weighted by atomic mass is 10.1. The lowest BCUT2D eigenvalue weighted by Gasteiger charge is -2.44. The van der Waals surface area contributed by atoms with E-state index in [1.165, 1.54) is 17.4 Å². The Hall–Kier alpha value is -3.24. The second kappa shape index (κ2) is 8.52. The Morgan fingerprint density at radius 2 is 1.97 bits per heavy atom. The summed E-state index contributed by atoms with van der Waals surface area (Å²) in [5, 5.41) is 8.05. The molecule has 2 unspecified atom stereocenters. The number of benzene rings is 2. The number of anilines is 2. The van der Waals surface area contributed by atoms with E-state index >= 15 is 0 Å². The minimum atomic E-state index is -0.484. The summed E-state index contributed by atoms with van der Waals surface area (Å²) in [6, 6.07) is 7.49. The molecular formula is C24H27FN6O2S. The molecule has 3 heterocycles. The van der Waals surface area contributed by atoms with E-state index in [-0.39, 0.29) is 11.4 Å². The summed E-state index contributed by atoms with van der Waals surface area (Å²) in [6.45, 7) is 6.24. The molecule has 8 nitrogen and oxygen atoms in total. The Bertz CT molecular complexity index is 1400. The van der Waals surface area contributed by atoms with Gasteiger partial charge in [0.05, 0.1) is 23.1 Å². The number of ether oxygens (including phenoxy) is 1. The van der Waals surface area contributed by atoms with Gasteiger partial charge < -0.3 is 15.0 Å². The highest BCUT2D eigenvalue weighted by Gasteiger charge is 2.29. The molecule has 2 aromatic heterocycles. The van der Waals surface area contributed by atoms with Crippen LogP contribution in [0.25, 0.3) is 21.1 Å². The molecule has 4 aromatic rings. The number of halogens is 1. The molecule has 1 aliphatic rings. The van der Waals surface area contributed by atoms with Crippen LogP contribution in [-0.2, 0) is 7.05 Å². The topological polar surface area (TPSA) is 75.5 Å². The number of rotatable bonds is 4. The first-order valence-electron chi connectivity index (χ1n) is 11.1. The molecule has 0 radical (unpaired) electrons. The quantitative estimate of drug-likeness (QED) is 0.472. The molecule has 1 fully saturated rings. The van der Waals surface area contributed by atoms with Crippen LogP contribution < -0.4 is 15.0 Å². The first-order chi connectivity index (χ1) is 16.2. The van der Waals surface area contributed by atoms with Crippen molar-refractivity contribution in [3.05, 3.63) is 41.8 Å². The highest BCUT2D eigenvalue weighted by Crippen LogP contribution is 2.39. The van der Waals surface area contributed by atoms with Crippen LogP contribution >= 0.6 is 11.3 Å². The molecule has 34 heavy (non-hydrogen) atoms. The number of aromatic nitrogens is 3. The average Bonchev–Trinajstić information content (AvgIpc) is 3.39. The van der Waals surface area contributed by atoms with E-state index in [2.05, 4.69) is 46.1 Å². The summed E-state index contributed by atoms with van der Waals surface area (Å²) in [5.74, 6) is -0.839. The summed E-state index contributed by atoms with van der Waals surface area (Å²) in [6.07, 6.45) is 1.71. The smallest absolute Gasteiger partial charge is 0.274 e. The van der Waals surface area contributed by atoms with Gasteiger partial charge in [-0.05, 0) is 45.2 Å². The van der Waals surface area contributed by atoms with Crippen molar-refractivity contribution in [1.29, 1.82) is 0 Å². The van der Waals surface area contributed by atoms with Crippen LogP contribution in [0.1, 0.15) is 24.2 Å². The van der Waals surface area contributed by atoms with Gasteiger partial charge in [-0.15, -0.1) is 0 Å². The number of piperazine rings is 1. The number of nitrogens with one attached hydrogen (secondary N) is 1. The maximum Gasteiger partial charge on any atom is 0.274 e. The number of nitrogens with zero attached hydrogens (tertiary/aromatic N) is 5. The third kappa shape index (κ3) is 3.86. The minimum absolute atomic E-state index is 0.270. The van der Waals surface area contributed by atoms with Gasteiger partial charge in [-0.3, -0.25) is 14.4 Å². The fourth-order valence-electron chi connectivity index (χ4n) is 4.59.